The summed E-state index contributed by atoms with van der Waals surface area (Å²) in [4.78, 5) is 35.4. The molecule has 1 N–H and O–H groups in total. The zero-order chi connectivity index (χ0) is 20.8. The Kier molecular flexibility index (Phi) is 6.08. The number of rotatable bonds is 7. The van der Waals surface area contributed by atoms with Gasteiger partial charge in [0.05, 0.1) is 23.1 Å². The van der Waals surface area contributed by atoms with Gasteiger partial charge >= 0.3 is 5.97 Å². The zero-order valence-corrected chi connectivity index (χ0v) is 15.8. The van der Waals surface area contributed by atoms with E-state index in [9.17, 15) is 14.4 Å². The highest BCUT2D eigenvalue weighted by atomic mass is 16.5. The van der Waals surface area contributed by atoms with E-state index in [0.29, 0.717) is 11.5 Å². The normalized spacial score (nSPS) is 10.4. The molecule has 2 amide bonds. The van der Waals surface area contributed by atoms with Crippen LogP contribution in [-0.4, -0.2) is 29.5 Å². The fraction of sp³-hybridized carbons (Fsp3) is 0.200. The zero-order valence-electron chi connectivity index (χ0n) is 15.8. The summed E-state index contributed by atoms with van der Waals surface area (Å²) in [5, 5.41) is 5.91. The highest BCUT2D eigenvalue weighted by molar-refractivity contribution is 6.04. The second-order valence-corrected chi connectivity index (χ2v) is 6.05. The third-order valence-electron chi connectivity index (χ3n) is 3.99. The van der Waals surface area contributed by atoms with Gasteiger partial charge < -0.3 is 18.4 Å². The molecule has 0 aliphatic carbocycles. The Morgan fingerprint density at radius 1 is 1.10 bits per heavy atom. The molecule has 0 aliphatic heterocycles. The molecule has 0 radical (unpaired) electrons. The average Bonchev–Trinajstić information content (AvgIpc) is 3.36. The third kappa shape index (κ3) is 5.10. The Morgan fingerprint density at radius 2 is 1.86 bits per heavy atom. The Balaban J connectivity index is 1.47. The number of amides is 2. The SMILES string of the molecule is Cc1noc(C)c1COc1ccc(C(=O)OCC(=O)NC(=O)c2ccco2)cc1. The smallest absolute Gasteiger partial charge is 0.338 e. The monoisotopic (exact) mass is 398 g/mol. The van der Waals surface area contributed by atoms with Crippen molar-refractivity contribution in [1.29, 1.82) is 0 Å². The van der Waals surface area contributed by atoms with Crippen molar-refractivity contribution >= 4 is 17.8 Å². The predicted molar refractivity (Wildman–Crippen MR) is 98.2 cm³/mol. The summed E-state index contributed by atoms with van der Waals surface area (Å²) >= 11 is 0. The standard InChI is InChI=1S/C20H18N2O7/c1-12-16(13(2)29-22-12)10-27-15-7-5-14(6-8-15)20(25)28-11-18(23)21-19(24)17-4-3-9-26-17/h3-9H,10-11H2,1-2H3,(H,21,23,24). The first-order valence-corrected chi connectivity index (χ1v) is 8.63. The number of imide groups is 1. The number of nitrogens with one attached hydrogen (secondary N) is 1. The van der Waals surface area contributed by atoms with Crippen LogP contribution in [0.5, 0.6) is 5.75 Å². The molecule has 2 heterocycles. The van der Waals surface area contributed by atoms with Gasteiger partial charge in [0, 0.05) is 0 Å². The number of carbonyl (C=O) groups excluding carboxylic acids is 3. The van der Waals surface area contributed by atoms with Crippen LogP contribution < -0.4 is 10.1 Å². The molecule has 3 aromatic rings. The maximum absolute atomic E-state index is 12.0. The number of aryl methyl sites for hydroxylation is 2. The van der Waals surface area contributed by atoms with Gasteiger partial charge in [0.1, 0.15) is 18.1 Å². The quantitative estimate of drug-likeness (QED) is 0.603. The molecule has 0 atom stereocenters. The average molecular weight is 398 g/mol. The Bertz CT molecular complexity index is 985. The number of carbonyl (C=O) groups is 3. The van der Waals surface area contributed by atoms with Gasteiger partial charge in [-0.1, -0.05) is 5.16 Å². The largest absolute Gasteiger partial charge is 0.489 e. The van der Waals surface area contributed by atoms with Crippen LogP contribution in [-0.2, 0) is 16.1 Å². The van der Waals surface area contributed by atoms with Gasteiger partial charge in [-0.25, -0.2) is 4.79 Å². The van der Waals surface area contributed by atoms with Crippen LogP contribution in [0.15, 0.2) is 51.6 Å². The van der Waals surface area contributed by atoms with E-state index in [4.69, 9.17) is 18.4 Å². The molecule has 2 aromatic heterocycles. The first kappa shape index (κ1) is 19.9. The molecular weight excluding hydrogens is 380 g/mol. The number of hydrogen-bond acceptors (Lipinski definition) is 8. The lowest BCUT2D eigenvalue weighted by atomic mass is 10.2. The van der Waals surface area contributed by atoms with Crippen molar-refractivity contribution in [2.24, 2.45) is 0 Å². The minimum atomic E-state index is -0.765. The molecular formula is C20H18N2O7. The van der Waals surface area contributed by atoms with Crippen molar-refractivity contribution in [3.8, 4) is 5.75 Å². The number of benzene rings is 1. The Labute approximate surface area is 165 Å². The number of nitrogens with zero attached hydrogens (tertiary/aromatic N) is 1. The summed E-state index contributed by atoms with van der Waals surface area (Å²) in [6, 6.07) is 9.16. The Morgan fingerprint density at radius 3 is 2.48 bits per heavy atom. The lowest BCUT2D eigenvalue weighted by Crippen LogP contribution is -2.33. The van der Waals surface area contributed by atoms with E-state index in [2.05, 4.69) is 10.5 Å². The summed E-state index contributed by atoms with van der Waals surface area (Å²) < 4.78 is 20.5. The van der Waals surface area contributed by atoms with E-state index < -0.39 is 24.4 Å². The fourth-order valence-electron chi connectivity index (χ4n) is 2.40. The summed E-state index contributed by atoms with van der Waals surface area (Å²) in [6.45, 7) is 3.31. The molecule has 0 spiro atoms. The van der Waals surface area contributed by atoms with Gasteiger partial charge in [-0.2, -0.15) is 0 Å². The number of ether oxygens (including phenoxy) is 2. The molecule has 3 rings (SSSR count). The second kappa shape index (κ2) is 8.87. The van der Waals surface area contributed by atoms with E-state index >= 15 is 0 Å². The highest BCUT2D eigenvalue weighted by Crippen LogP contribution is 2.18. The number of hydrogen-bond donors (Lipinski definition) is 1. The molecule has 0 bridgehead atoms. The summed E-state index contributed by atoms with van der Waals surface area (Å²) in [5.41, 5.74) is 1.86. The van der Waals surface area contributed by atoms with Gasteiger partial charge in [-0.3, -0.25) is 14.9 Å². The molecule has 1 aromatic carbocycles. The highest BCUT2D eigenvalue weighted by Gasteiger charge is 2.15. The van der Waals surface area contributed by atoms with Crippen LogP contribution in [0.2, 0.25) is 0 Å². The molecule has 29 heavy (non-hydrogen) atoms. The lowest BCUT2D eigenvalue weighted by molar-refractivity contribution is -0.123. The van der Waals surface area contributed by atoms with Crippen LogP contribution in [0.25, 0.3) is 0 Å². The molecule has 9 heteroatoms. The summed E-state index contributed by atoms with van der Waals surface area (Å²) in [6.07, 6.45) is 1.31. The van der Waals surface area contributed by atoms with Crippen LogP contribution in [0.3, 0.4) is 0 Å². The topological polar surface area (TPSA) is 121 Å². The predicted octanol–water partition coefficient (Wildman–Crippen LogP) is 2.58. The van der Waals surface area contributed by atoms with Crippen LogP contribution >= 0.6 is 0 Å². The van der Waals surface area contributed by atoms with Crippen LogP contribution in [0, 0.1) is 13.8 Å². The molecule has 150 valence electrons. The molecule has 0 fully saturated rings. The van der Waals surface area contributed by atoms with Crippen molar-refractivity contribution < 1.29 is 32.8 Å². The number of furan rings is 1. The van der Waals surface area contributed by atoms with Gasteiger partial charge in [0.15, 0.2) is 12.4 Å². The fourth-order valence-corrected chi connectivity index (χ4v) is 2.40. The number of esters is 1. The Hall–Kier alpha value is -3.88. The molecule has 0 unspecified atom stereocenters. The van der Waals surface area contributed by atoms with Crippen LogP contribution in [0.4, 0.5) is 0 Å². The third-order valence-corrected chi connectivity index (χ3v) is 3.99. The minimum Gasteiger partial charge on any atom is -0.489 e. The van der Waals surface area contributed by atoms with Crippen molar-refractivity contribution in [2.45, 2.75) is 20.5 Å². The molecule has 9 nitrogen and oxygen atoms in total. The van der Waals surface area contributed by atoms with Gasteiger partial charge in [-0.05, 0) is 50.2 Å². The van der Waals surface area contributed by atoms with Gasteiger partial charge in [0.25, 0.3) is 11.8 Å². The first-order valence-electron chi connectivity index (χ1n) is 8.63. The van der Waals surface area contributed by atoms with Crippen molar-refractivity contribution in [3.05, 3.63) is 71.0 Å². The van der Waals surface area contributed by atoms with Crippen molar-refractivity contribution in [1.82, 2.24) is 10.5 Å². The maximum atomic E-state index is 12.0. The van der Waals surface area contributed by atoms with Crippen molar-refractivity contribution in [2.75, 3.05) is 6.61 Å². The number of aromatic nitrogens is 1. The maximum Gasteiger partial charge on any atom is 0.338 e. The molecule has 0 saturated carbocycles. The van der Waals surface area contributed by atoms with Gasteiger partial charge in [0.2, 0.25) is 0 Å². The van der Waals surface area contributed by atoms with Gasteiger partial charge in [-0.15, -0.1) is 0 Å². The molecule has 0 saturated heterocycles. The van der Waals surface area contributed by atoms with E-state index in [0.717, 1.165) is 11.3 Å². The van der Waals surface area contributed by atoms with E-state index in [1.165, 1.54) is 30.5 Å². The van der Waals surface area contributed by atoms with Crippen molar-refractivity contribution in [3.63, 3.8) is 0 Å². The molecule has 0 aliphatic rings. The van der Waals surface area contributed by atoms with E-state index in [-0.39, 0.29) is 17.9 Å². The van der Waals surface area contributed by atoms with E-state index in [1.54, 1.807) is 19.1 Å². The lowest BCUT2D eigenvalue weighted by Gasteiger charge is -2.07. The van der Waals surface area contributed by atoms with Crippen LogP contribution in [0.1, 0.15) is 37.9 Å². The minimum absolute atomic E-state index is 0.0168. The summed E-state index contributed by atoms with van der Waals surface area (Å²) in [7, 11) is 0. The van der Waals surface area contributed by atoms with E-state index in [1.807, 2.05) is 6.92 Å². The summed E-state index contributed by atoms with van der Waals surface area (Å²) in [5.74, 6) is -0.968. The second-order valence-electron chi connectivity index (χ2n) is 6.05. The first-order chi connectivity index (χ1) is 13.9.